The maximum absolute atomic E-state index is 13.0. The minimum Gasteiger partial charge on any atom is -0.314 e. The van der Waals surface area contributed by atoms with Gasteiger partial charge in [0.25, 0.3) is 0 Å². The van der Waals surface area contributed by atoms with Gasteiger partial charge in [-0.3, -0.25) is 4.79 Å². The van der Waals surface area contributed by atoms with E-state index in [1.165, 1.54) is 16.3 Å². The Kier molecular flexibility index (Phi) is 3.72. The van der Waals surface area contributed by atoms with E-state index in [0.29, 0.717) is 5.92 Å². The number of nitrogens with zero attached hydrogens (tertiary/aromatic N) is 1. The van der Waals surface area contributed by atoms with Gasteiger partial charge in [0, 0.05) is 12.4 Å². The summed E-state index contributed by atoms with van der Waals surface area (Å²) in [6, 6.07) is 12.7. The van der Waals surface area contributed by atoms with E-state index in [-0.39, 0.29) is 11.3 Å². The first-order valence-corrected chi connectivity index (χ1v) is 8.33. The van der Waals surface area contributed by atoms with E-state index >= 15 is 0 Å². The van der Waals surface area contributed by atoms with Gasteiger partial charge in [-0.15, -0.1) is 0 Å². The topological polar surface area (TPSA) is 20.3 Å². The molecule has 0 fully saturated rings. The largest absolute Gasteiger partial charge is 0.314 e. The third-order valence-electron chi connectivity index (χ3n) is 5.46. The highest BCUT2D eigenvalue weighted by molar-refractivity contribution is 6.14. The molecule has 0 saturated carbocycles. The van der Waals surface area contributed by atoms with Crippen LogP contribution in [-0.4, -0.2) is 13.0 Å². The zero-order chi connectivity index (χ0) is 15.9. The average Bonchev–Trinajstić information content (AvgIpc) is 2.74. The molecule has 2 nitrogen and oxygen atoms in total. The second-order valence-corrected chi connectivity index (χ2v) is 6.77. The van der Waals surface area contributed by atoms with Gasteiger partial charge >= 0.3 is 0 Å². The van der Waals surface area contributed by atoms with Gasteiger partial charge in [-0.25, -0.2) is 0 Å². The minimum atomic E-state index is -0.384. The van der Waals surface area contributed by atoms with Crippen LogP contribution in [0.5, 0.6) is 0 Å². The molecule has 1 amide bonds. The number of hydrogen-bond acceptors (Lipinski definition) is 1. The third-order valence-corrected chi connectivity index (χ3v) is 5.46. The van der Waals surface area contributed by atoms with Crippen LogP contribution in [0.25, 0.3) is 10.8 Å². The molecular weight excluding hydrogens is 270 g/mol. The van der Waals surface area contributed by atoms with Crippen molar-refractivity contribution in [1.29, 1.82) is 0 Å². The van der Waals surface area contributed by atoms with Crippen LogP contribution >= 0.6 is 0 Å². The zero-order valence-electron chi connectivity index (χ0n) is 14.0. The van der Waals surface area contributed by atoms with Gasteiger partial charge < -0.3 is 4.90 Å². The van der Waals surface area contributed by atoms with Crippen molar-refractivity contribution in [3.05, 3.63) is 42.0 Å². The first-order valence-electron chi connectivity index (χ1n) is 8.33. The molecule has 116 valence electrons. The van der Waals surface area contributed by atoms with Crippen molar-refractivity contribution in [2.24, 2.45) is 5.92 Å². The van der Waals surface area contributed by atoms with Crippen LogP contribution in [0.15, 0.2) is 36.4 Å². The van der Waals surface area contributed by atoms with Crippen molar-refractivity contribution in [2.45, 2.75) is 45.4 Å². The van der Waals surface area contributed by atoms with Gasteiger partial charge in [0.2, 0.25) is 5.91 Å². The van der Waals surface area contributed by atoms with Gasteiger partial charge in [0.1, 0.15) is 0 Å². The Bertz CT molecular complexity index is 717. The van der Waals surface area contributed by atoms with Crippen molar-refractivity contribution in [1.82, 2.24) is 0 Å². The Morgan fingerprint density at radius 2 is 1.77 bits per heavy atom. The molecule has 0 saturated heterocycles. The maximum atomic E-state index is 13.0. The number of carbonyl (C=O) groups is 1. The number of rotatable bonds is 4. The second kappa shape index (κ2) is 5.42. The predicted molar refractivity (Wildman–Crippen MR) is 93.4 cm³/mol. The molecule has 0 radical (unpaired) electrons. The lowest BCUT2D eigenvalue weighted by Gasteiger charge is -2.27. The molecule has 1 heterocycles. The zero-order valence-corrected chi connectivity index (χ0v) is 14.0. The lowest BCUT2D eigenvalue weighted by molar-refractivity contribution is -0.123. The van der Waals surface area contributed by atoms with Crippen LogP contribution in [0.4, 0.5) is 5.69 Å². The van der Waals surface area contributed by atoms with Gasteiger partial charge in [-0.1, -0.05) is 63.1 Å². The first-order chi connectivity index (χ1) is 10.5. The SMILES string of the molecule is CCC(CC)CC1(C)C(=O)N(C)c2c1ccc1ccccc21. The van der Waals surface area contributed by atoms with Crippen molar-refractivity contribution >= 4 is 22.4 Å². The molecule has 0 N–H and O–H groups in total. The molecule has 22 heavy (non-hydrogen) atoms. The summed E-state index contributed by atoms with van der Waals surface area (Å²) in [5, 5.41) is 2.39. The van der Waals surface area contributed by atoms with Crippen LogP contribution in [0.1, 0.15) is 45.6 Å². The Balaban J connectivity index is 2.18. The van der Waals surface area contributed by atoms with Crippen LogP contribution in [0.2, 0.25) is 0 Å². The number of likely N-dealkylation sites (N-methyl/N-ethyl adjacent to an activating group) is 1. The molecule has 0 aliphatic carbocycles. The molecule has 0 spiro atoms. The number of fused-ring (bicyclic) bond motifs is 3. The highest BCUT2D eigenvalue weighted by Gasteiger charge is 2.47. The van der Waals surface area contributed by atoms with E-state index in [1.807, 2.05) is 11.9 Å². The fourth-order valence-corrected chi connectivity index (χ4v) is 4.00. The fraction of sp³-hybridized carbons (Fsp3) is 0.450. The van der Waals surface area contributed by atoms with Crippen molar-refractivity contribution < 1.29 is 4.79 Å². The monoisotopic (exact) mass is 295 g/mol. The van der Waals surface area contributed by atoms with Crippen LogP contribution in [0, 0.1) is 5.92 Å². The lowest BCUT2D eigenvalue weighted by Crippen LogP contribution is -2.37. The average molecular weight is 295 g/mol. The van der Waals surface area contributed by atoms with E-state index in [4.69, 9.17) is 0 Å². The van der Waals surface area contributed by atoms with E-state index < -0.39 is 0 Å². The minimum absolute atomic E-state index is 0.241. The quantitative estimate of drug-likeness (QED) is 0.785. The molecule has 1 unspecified atom stereocenters. The molecule has 1 aliphatic rings. The summed E-state index contributed by atoms with van der Waals surface area (Å²) >= 11 is 0. The van der Waals surface area contributed by atoms with E-state index in [9.17, 15) is 4.79 Å². The van der Waals surface area contributed by atoms with Crippen molar-refractivity contribution in [3.8, 4) is 0 Å². The van der Waals surface area contributed by atoms with Gasteiger partial charge in [-0.05, 0) is 30.2 Å². The first kappa shape index (κ1) is 15.1. The molecule has 0 aromatic heterocycles. The van der Waals surface area contributed by atoms with Crippen molar-refractivity contribution in [2.75, 3.05) is 11.9 Å². The van der Waals surface area contributed by atoms with E-state index in [1.54, 1.807) is 0 Å². The number of carbonyl (C=O) groups excluding carboxylic acids is 1. The normalized spacial score (nSPS) is 21.0. The van der Waals surface area contributed by atoms with Crippen molar-refractivity contribution in [3.63, 3.8) is 0 Å². The van der Waals surface area contributed by atoms with Gasteiger partial charge in [0.05, 0.1) is 11.1 Å². The van der Waals surface area contributed by atoms with E-state index in [0.717, 1.165) is 24.9 Å². The summed E-state index contributed by atoms with van der Waals surface area (Å²) in [6.45, 7) is 6.58. The molecule has 2 heteroatoms. The van der Waals surface area contributed by atoms with Crippen LogP contribution < -0.4 is 4.90 Å². The molecular formula is C20H25NO. The van der Waals surface area contributed by atoms with Gasteiger partial charge in [0.15, 0.2) is 0 Å². The maximum Gasteiger partial charge on any atom is 0.237 e. The molecule has 1 aliphatic heterocycles. The predicted octanol–water partition coefficient (Wildman–Crippen LogP) is 4.90. The highest BCUT2D eigenvalue weighted by atomic mass is 16.2. The summed E-state index contributed by atoms with van der Waals surface area (Å²) in [6.07, 6.45) is 3.20. The van der Waals surface area contributed by atoms with E-state index in [2.05, 4.69) is 57.2 Å². The highest BCUT2D eigenvalue weighted by Crippen LogP contribution is 2.48. The van der Waals surface area contributed by atoms with Crippen LogP contribution in [0.3, 0.4) is 0 Å². The number of anilines is 1. The fourth-order valence-electron chi connectivity index (χ4n) is 4.00. The lowest BCUT2D eigenvalue weighted by atomic mass is 9.74. The standard InChI is InChI=1S/C20H25NO/c1-5-14(6-2)13-20(3)17-12-11-15-9-7-8-10-16(15)18(17)21(4)19(20)22/h7-12,14H,5-6,13H2,1-4H3. The summed E-state index contributed by atoms with van der Waals surface area (Å²) in [7, 11) is 1.92. The Labute approximate surface area is 133 Å². The number of benzene rings is 2. The second-order valence-electron chi connectivity index (χ2n) is 6.77. The summed E-state index contributed by atoms with van der Waals surface area (Å²) in [4.78, 5) is 14.9. The summed E-state index contributed by atoms with van der Waals surface area (Å²) in [5.74, 6) is 0.838. The summed E-state index contributed by atoms with van der Waals surface area (Å²) in [5.41, 5.74) is 1.92. The molecule has 3 rings (SSSR count). The Hall–Kier alpha value is -1.83. The van der Waals surface area contributed by atoms with Crippen LogP contribution in [-0.2, 0) is 10.2 Å². The molecule has 2 aromatic rings. The molecule has 2 aromatic carbocycles. The molecule has 1 atom stereocenters. The summed E-state index contributed by atoms with van der Waals surface area (Å²) < 4.78 is 0. The Morgan fingerprint density at radius 1 is 1.09 bits per heavy atom. The number of hydrogen-bond donors (Lipinski definition) is 0. The molecule has 0 bridgehead atoms. The Morgan fingerprint density at radius 3 is 2.45 bits per heavy atom. The number of amides is 1. The smallest absolute Gasteiger partial charge is 0.237 e. The van der Waals surface area contributed by atoms with Gasteiger partial charge in [-0.2, -0.15) is 0 Å². The third kappa shape index (κ3) is 2.05.